The monoisotopic (exact) mass is 419 g/mol. The highest BCUT2D eigenvalue weighted by Crippen LogP contribution is 2.35. The second-order valence-corrected chi connectivity index (χ2v) is 6.68. The topological polar surface area (TPSA) is 65.8 Å². The van der Waals surface area contributed by atoms with E-state index in [1.54, 1.807) is 34.1 Å². The van der Waals surface area contributed by atoms with Crippen LogP contribution in [0.1, 0.15) is 21.5 Å². The summed E-state index contributed by atoms with van der Waals surface area (Å²) in [7, 11) is 2.98. The Morgan fingerprint density at radius 2 is 1.73 bits per heavy atom. The van der Waals surface area contributed by atoms with Crippen molar-refractivity contribution in [1.29, 1.82) is 5.26 Å². The Morgan fingerprint density at radius 3 is 2.30 bits per heavy atom. The predicted molar refractivity (Wildman–Crippen MR) is 104 cm³/mol. The van der Waals surface area contributed by atoms with Gasteiger partial charge in [0.15, 0.2) is 0 Å². The summed E-state index contributed by atoms with van der Waals surface area (Å²) in [5.74, 6) is 0.739. The lowest BCUT2D eigenvalue weighted by molar-refractivity contribution is -0.137. The minimum Gasteiger partial charge on any atom is -0.497 e. The van der Waals surface area contributed by atoms with Gasteiger partial charge in [0, 0.05) is 37.9 Å². The molecule has 1 aliphatic rings. The van der Waals surface area contributed by atoms with Gasteiger partial charge in [0.05, 0.1) is 37.0 Å². The summed E-state index contributed by atoms with van der Waals surface area (Å²) in [4.78, 5) is 16.3. The van der Waals surface area contributed by atoms with Crippen molar-refractivity contribution in [2.75, 3.05) is 45.3 Å². The van der Waals surface area contributed by atoms with E-state index in [0.29, 0.717) is 48.9 Å². The zero-order valence-electron chi connectivity index (χ0n) is 16.5. The van der Waals surface area contributed by atoms with Gasteiger partial charge in [-0.3, -0.25) is 4.79 Å². The highest BCUT2D eigenvalue weighted by Gasteiger charge is 2.34. The summed E-state index contributed by atoms with van der Waals surface area (Å²) in [6, 6.07) is 10.2. The van der Waals surface area contributed by atoms with Crippen LogP contribution in [-0.2, 0) is 6.18 Å². The molecule has 0 atom stereocenters. The Kier molecular flexibility index (Phi) is 6.06. The molecule has 2 aromatic rings. The van der Waals surface area contributed by atoms with Crippen LogP contribution in [0.5, 0.6) is 11.5 Å². The Bertz CT molecular complexity index is 978. The van der Waals surface area contributed by atoms with Gasteiger partial charge in [0.25, 0.3) is 5.91 Å². The van der Waals surface area contributed by atoms with Crippen LogP contribution in [0.15, 0.2) is 36.4 Å². The van der Waals surface area contributed by atoms with E-state index < -0.39 is 17.3 Å². The SMILES string of the molecule is COc1ccc(C(=O)N2CCN(c3ccc(C#N)c(C(F)(F)F)c3)CC2)c(OC)c1. The molecule has 1 amide bonds. The third-order valence-electron chi connectivity index (χ3n) is 5.00. The molecule has 158 valence electrons. The molecule has 0 spiro atoms. The van der Waals surface area contributed by atoms with Crippen LogP contribution in [0.2, 0.25) is 0 Å². The first-order chi connectivity index (χ1) is 14.3. The maximum atomic E-state index is 13.2. The first-order valence-electron chi connectivity index (χ1n) is 9.16. The lowest BCUT2D eigenvalue weighted by Gasteiger charge is -2.36. The quantitative estimate of drug-likeness (QED) is 0.758. The summed E-state index contributed by atoms with van der Waals surface area (Å²) in [5, 5.41) is 8.94. The number of anilines is 1. The van der Waals surface area contributed by atoms with Gasteiger partial charge in [0.2, 0.25) is 0 Å². The molecule has 0 radical (unpaired) electrons. The number of alkyl halides is 3. The molecule has 0 saturated carbocycles. The van der Waals surface area contributed by atoms with E-state index in [0.717, 1.165) is 6.07 Å². The summed E-state index contributed by atoms with van der Waals surface area (Å²) in [6.45, 7) is 1.42. The van der Waals surface area contributed by atoms with Crippen molar-refractivity contribution in [3.05, 3.63) is 53.1 Å². The number of ether oxygens (including phenoxy) is 2. The zero-order chi connectivity index (χ0) is 21.9. The fraction of sp³-hybridized carbons (Fsp3) is 0.333. The molecule has 0 N–H and O–H groups in total. The maximum absolute atomic E-state index is 13.2. The van der Waals surface area contributed by atoms with Crippen molar-refractivity contribution in [1.82, 2.24) is 4.90 Å². The molecule has 0 aromatic heterocycles. The first-order valence-corrected chi connectivity index (χ1v) is 9.16. The Balaban J connectivity index is 1.74. The van der Waals surface area contributed by atoms with E-state index in [4.69, 9.17) is 14.7 Å². The number of nitrogens with zero attached hydrogens (tertiary/aromatic N) is 3. The van der Waals surface area contributed by atoms with Gasteiger partial charge in [-0.1, -0.05) is 0 Å². The third-order valence-corrected chi connectivity index (χ3v) is 5.00. The van der Waals surface area contributed by atoms with Gasteiger partial charge >= 0.3 is 6.18 Å². The van der Waals surface area contributed by atoms with Gasteiger partial charge in [-0.05, 0) is 30.3 Å². The molecule has 9 heteroatoms. The van der Waals surface area contributed by atoms with E-state index in [9.17, 15) is 18.0 Å². The number of benzene rings is 2. The van der Waals surface area contributed by atoms with Gasteiger partial charge in [0.1, 0.15) is 11.5 Å². The second kappa shape index (κ2) is 8.53. The number of piperazine rings is 1. The summed E-state index contributed by atoms with van der Waals surface area (Å²) >= 11 is 0. The number of hydrogen-bond acceptors (Lipinski definition) is 5. The van der Waals surface area contributed by atoms with Crippen LogP contribution < -0.4 is 14.4 Å². The number of amides is 1. The first kappa shape index (κ1) is 21.3. The van der Waals surface area contributed by atoms with Crippen molar-refractivity contribution in [2.24, 2.45) is 0 Å². The molecule has 1 fully saturated rings. The lowest BCUT2D eigenvalue weighted by atomic mass is 10.1. The van der Waals surface area contributed by atoms with Crippen molar-refractivity contribution in [3.63, 3.8) is 0 Å². The molecule has 1 saturated heterocycles. The number of hydrogen-bond donors (Lipinski definition) is 0. The van der Waals surface area contributed by atoms with E-state index in [1.165, 1.54) is 26.4 Å². The summed E-state index contributed by atoms with van der Waals surface area (Å²) in [5.41, 5.74) is -0.601. The van der Waals surface area contributed by atoms with Gasteiger partial charge in [-0.2, -0.15) is 18.4 Å². The Labute approximate surface area is 172 Å². The molecule has 0 aliphatic carbocycles. The molecule has 0 bridgehead atoms. The van der Waals surface area contributed by atoms with Crippen molar-refractivity contribution in [3.8, 4) is 17.6 Å². The highest BCUT2D eigenvalue weighted by molar-refractivity contribution is 5.97. The van der Waals surface area contributed by atoms with Gasteiger partial charge in [-0.25, -0.2) is 0 Å². The largest absolute Gasteiger partial charge is 0.497 e. The van der Waals surface area contributed by atoms with Crippen LogP contribution >= 0.6 is 0 Å². The number of nitriles is 1. The van der Waals surface area contributed by atoms with Crippen LogP contribution in [0.25, 0.3) is 0 Å². The average Bonchev–Trinajstić information content (AvgIpc) is 2.77. The normalized spacial score (nSPS) is 14.3. The number of rotatable bonds is 4. The Hall–Kier alpha value is -3.41. The Morgan fingerprint density at radius 1 is 1.03 bits per heavy atom. The number of halogens is 3. The molecule has 1 aliphatic heterocycles. The molecule has 2 aromatic carbocycles. The van der Waals surface area contributed by atoms with Crippen LogP contribution in [0.3, 0.4) is 0 Å². The lowest BCUT2D eigenvalue weighted by Crippen LogP contribution is -2.48. The molecular weight excluding hydrogens is 399 g/mol. The van der Waals surface area contributed by atoms with Crippen LogP contribution in [0.4, 0.5) is 18.9 Å². The molecule has 0 unspecified atom stereocenters. The van der Waals surface area contributed by atoms with Crippen molar-refractivity contribution < 1.29 is 27.4 Å². The molecule has 30 heavy (non-hydrogen) atoms. The van der Waals surface area contributed by atoms with Crippen molar-refractivity contribution >= 4 is 11.6 Å². The number of methoxy groups -OCH3 is 2. The average molecular weight is 419 g/mol. The predicted octanol–water partition coefficient (Wildman–Crippen LogP) is 3.56. The summed E-state index contributed by atoms with van der Waals surface area (Å²) in [6.07, 6.45) is -4.61. The number of carbonyl (C=O) groups excluding carboxylic acids is 1. The van der Waals surface area contributed by atoms with Crippen LogP contribution in [-0.4, -0.2) is 51.2 Å². The van der Waals surface area contributed by atoms with Gasteiger partial charge in [-0.15, -0.1) is 0 Å². The second-order valence-electron chi connectivity index (χ2n) is 6.68. The van der Waals surface area contributed by atoms with Crippen molar-refractivity contribution in [2.45, 2.75) is 6.18 Å². The molecule has 6 nitrogen and oxygen atoms in total. The minimum atomic E-state index is -4.61. The third kappa shape index (κ3) is 4.27. The fourth-order valence-corrected chi connectivity index (χ4v) is 3.37. The van der Waals surface area contributed by atoms with E-state index in [-0.39, 0.29) is 5.91 Å². The minimum absolute atomic E-state index is 0.218. The standard InChI is InChI=1S/C21H20F3N3O3/c1-29-16-5-6-17(19(12-16)30-2)20(28)27-9-7-26(8-10-27)15-4-3-14(13-25)18(11-15)21(22,23)24/h3-6,11-12H,7-10H2,1-2H3. The van der Waals surface area contributed by atoms with Gasteiger partial charge < -0.3 is 19.3 Å². The molecular formula is C21H20F3N3O3. The van der Waals surface area contributed by atoms with E-state index in [2.05, 4.69) is 0 Å². The van der Waals surface area contributed by atoms with Crippen LogP contribution in [0, 0.1) is 11.3 Å². The van der Waals surface area contributed by atoms with E-state index >= 15 is 0 Å². The summed E-state index contributed by atoms with van der Waals surface area (Å²) < 4.78 is 50.1. The van der Waals surface area contributed by atoms with E-state index in [1.807, 2.05) is 0 Å². The smallest absolute Gasteiger partial charge is 0.417 e. The maximum Gasteiger partial charge on any atom is 0.417 e. The molecule has 1 heterocycles. The fourth-order valence-electron chi connectivity index (χ4n) is 3.37. The molecule has 3 rings (SSSR count). The highest BCUT2D eigenvalue weighted by atomic mass is 19.4. The number of carbonyl (C=O) groups is 1. The zero-order valence-corrected chi connectivity index (χ0v) is 16.5.